The van der Waals surface area contributed by atoms with Gasteiger partial charge in [-0.05, 0) is 49.5 Å². The van der Waals surface area contributed by atoms with E-state index >= 15 is 0 Å². The van der Waals surface area contributed by atoms with E-state index in [2.05, 4.69) is 24.9 Å². The molecule has 4 N–H and O–H groups in total. The van der Waals surface area contributed by atoms with E-state index in [0.29, 0.717) is 35.8 Å². The maximum atomic E-state index is 12.6. The monoisotopic (exact) mass is 507 g/mol. The SMILES string of the molecule is CCN(CC)CCNS(=O)(=O)c1ccc(Nc2ncc(-c3ccc(C(N)=O)cc3)n3ccnc23)cc1. The van der Waals surface area contributed by atoms with Crippen molar-refractivity contribution in [3.8, 4) is 11.3 Å². The van der Waals surface area contributed by atoms with Crippen molar-refractivity contribution in [1.82, 2.24) is 24.0 Å². The number of carbonyl (C=O) groups is 1. The summed E-state index contributed by atoms with van der Waals surface area (Å²) in [6.45, 7) is 6.85. The van der Waals surface area contributed by atoms with E-state index in [9.17, 15) is 13.2 Å². The van der Waals surface area contributed by atoms with Crippen molar-refractivity contribution in [1.29, 1.82) is 0 Å². The number of rotatable bonds is 11. The van der Waals surface area contributed by atoms with Gasteiger partial charge < -0.3 is 16.0 Å². The van der Waals surface area contributed by atoms with Crippen LogP contribution < -0.4 is 15.8 Å². The average molecular weight is 508 g/mol. The van der Waals surface area contributed by atoms with Gasteiger partial charge in [0.05, 0.1) is 16.8 Å². The lowest BCUT2D eigenvalue weighted by Gasteiger charge is -2.18. The van der Waals surface area contributed by atoms with Gasteiger partial charge in [0.2, 0.25) is 15.9 Å². The summed E-state index contributed by atoms with van der Waals surface area (Å²) in [7, 11) is -3.60. The van der Waals surface area contributed by atoms with E-state index in [1.165, 1.54) is 0 Å². The van der Waals surface area contributed by atoms with Crippen molar-refractivity contribution < 1.29 is 13.2 Å². The summed E-state index contributed by atoms with van der Waals surface area (Å²) in [6, 6.07) is 13.4. The minimum atomic E-state index is -3.60. The number of imidazole rings is 1. The minimum absolute atomic E-state index is 0.196. The summed E-state index contributed by atoms with van der Waals surface area (Å²) in [6.07, 6.45) is 5.19. The number of nitrogens with one attached hydrogen (secondary N) is 2. The number of nitrogens with zero attached hydrogens (tertiary/aromatic N) is 4. The van der Waals surface area contributed by atoms with Crippen LogP contribution in [0.1, 0.15) is 24.2 Å². The summed E-state index contributed by atoms with van der Waals surface area (Å²) in [5.74, 6) is 0.0340. The second-order valence-electron chi connectivity index (χ2n) is 8.13. The molecule has 0 fully saturated rings. The predicted molar refractivity (Wildman–Crippen MR) is 140 cm³/mol. The van der Waals surface area contributed by atoms with E-state index in [0.717, 1.165) is 24.3 Å². The number of hydrogen-bond acceptors (Lipinski definition) is 7. The lowest BCUT2D eigenvalue weighted by atomic mass is 10.1. The number of anilines is 2. The number of hydrogen-bond donors (Lipinski definition) is 3. The van der Waals surface area contributed by atoms with Crippen molar-refractivity contribution in [2.45, 2.75) is 18.7 Å². The molecule has 10 nitrogen and oxygen atoms in total. The summed E-state index contributed by atoms with van der Waals surface area (Å²) >= 11 is 0. The Kier molecular flexibility index (Phi) is 7.63. The first-order valence-corrected chi connectivity index (χ1v) is 13.1. The third kappa shape index (κ3) is 5.54. The number of sulfonamides is 1. The van der Waals surface area contributed by atoms with Gasteiger partial charge in [0, 0.05) is 42.3 Å². The predicted octanol–water partition coefficient (Wildman–Crippen LogP) is 2.86. The number of amides is 1. The number of carbonyl (C=O) groups excluding carboxylic acids is 1. The van der Waals surface area contributed by atoms with Crippen LogP contribution in [-0.4, -0.2) is 59.8 Å². The van der Waals surface area contributed by atoms with Gasteiger partial charge >= 0.3 is 0 Å². The fraction of sp³-hybridized carbons (Fsp3) is 0.240. The molecule has 1 amide bonds. The normalized spacial score (nSPS) is 11.8. The van der Waals surface area contributed by atoms with E-state index in [1.807, 2.05) is 24.4 Å². The van der Waals surface area contributed by atoms with Gasteiger partial charge in [-0.25, -0.2) is 23.1 Å². The molecule has 2 heterocycles. The van der Waals surface area contributed by atoms with Gasteiger partial charge in [-0.2, -0.15) is 0 Å². The topological polar surface area (TPSA) is 135 Å². The van der Waals surface area contributed by atoms with E-state index in [1.54, 1.807) is 60.9 Å². The summed E-state index contributed by atoms with van der Waals surface area (Å²) < 4.78 is 29.8. The lowest BCUT2D eigenvalue weighted by molar-refractivity contribution is 0.100. The van der Waals surface area contributed by atoms with Crippen LogP contribution in [0.5, 0.6) is 0 Å². The van der Waals surface area contributed by atoms with Gasteiger partial charge in [0.25, 0.3) is 0 Å². The number of fused-ring (bicyclic) bond motifs is 1. The molecule has 0 saturated heterocycles. The fourth-order valence-electron chi connectivity index (χ4n) is 3.84. The number of nitrogens with two attached hydrogens (primary N) is 1. The van der Waals surface area contributed by atoms with Crippen LogP contribution >= 0.6 is 0 Å². The second-order valence-corrected chi connectivity index (χ2v) is 9.90. The van der Waals surface area contributed by atoms with Gasteiger partial charge in [-0.1, -0.05) is 26.0 Å². The molecule has 0 unspecified atom stereocenters. The zero-order valence-electron chi connectivity index (χ0n) is 20.2. The maximum absolute atomic E-state index is 12.6. The largest absolute Gasteiger partial charge is 0.366 e. The van der Waals surface area contributed by atoms with E-state index in [4.69, 9.17) is 5.73 Å². The van der Waals surface area contributed by atoms with Crippen LogP contribution in [0.25, 0.3) is 16.9 Å². The van der Waals surface area contributed by atoms with Gasteiger partial charge in [-0.3, -0.25) is 9.20 Å². The number of primary amides is 1. The molecule has 0 aliphatic heterocycles. The molecule has 4 rings (SSSR count). The molecule has 188 valence electrons. The molecule has 0 atom stereocenters. The third-order valence-electron chi connectivity index (χ3n) is 5.94. The molecule has 36 heavy (non-hydrogen) atoms. The Bertz CT molecular complexity index is 1450. The van der Waals surface area contributed by atoms with Gasteiger partial charge in [-0.15, -0.1) is 0 Å². The van der Waals surface area contributed by atoms with E-state index in [-0.39, 0.29) is 4.90 Å². The quantitative estimate of drug-likeness (QED) is 0.284. The van der Waals surface area contributed by atoms with Crippen LogP contribution in [-0.2, 0) is 10.0 Å². The highest BCUT2D eigenvalue weighted by Gasteiger charge is 2.15. The highest BCUT2D eigenvalue weighted by molar-refractivity contribution is 7.89. The standard InChI is InChI=1S/C25H29N7O3S/c1-3-31(4-2)15-14-29-36(34,35)21-11-9-20(10-12-21)30-24-25-27-13-16-32(25)22(17-28-24)18-5-7-19(8-6-18)23(26)33/h5-13,16-17,29H,3-4,14-15H2,1-2H3,(H2,26,33)(H,28,30). The molecule has 0 spiro atoms. The summed E-state index contributed by atoms with van der Waals surface area (Å²) in [4.78, 5) is 22.7. The Morgan fingerprint density at radius 1 is 1.03 bits per heavy atom. The smallest absolute Gasteiger partial charge is 0.248 e. The summed E-state index contributed by atoms with van der Waals surface area (Å²) in [5.41, 5.74) is 8.68. The second kappa shape index (κ2) is 10.9. The van der Waals surface area contributed by atoms with Crippen LogP contribution in [0, 0.1) is 0 Å². The van der Waals surface area contributed by atoms with Crippen molar-refractivity contribution in [2.24, 2.45) is 5.73 Å². The molecule has 0 bridgehead atoms. The zero-order chi connectivity index (χ0) is 25.7. The first-order valence-electron chi connectivity index (χ1n) is 11.6. The fourth-order valence-corrected chi connectivity index (χ4v) is 4.86. The van der Waals surface area contributed by atoms with Crippen LogP contribution in [0.2, 0.25) is 0 Å². The van der Waals surface area contributed by atoms with Crippen molar-refractivity contribution in [3.63, 3.8) is 0 Å². The first kappa shape index (κ1) is 25.3. The third-order valence-corrected chi connectivity index (χ3v) is 7.41. The Morgan fingerprint density at radius 2 is 1.72 bits per heavy atom. The van der Waals surface area contributed by atoms with E-state index < -0.39 is 15.9 Å². The van der Waals surface area contributed by atoms with Gasteiger partial charge in [0.15, 0.2) is 11.5 Å². The molecular weight excluding hydrogens is 478 g/mol. The molecule has 4 aromatic rings. The van der Waals surface area contributed by atoms with Crippen LogP contribution in [0.15, 0.2) is 72.0 Å². The molecule has 0 aliphatic carbocycles. The van der Waals surface area contributed by atoms with Crippen LogP contribution in [0.3, 0.4) is 0 Å². The highest BCUT2D eigenvalue weighted by atomic mass is 32.2. The minimum Gasteiger partial charge on any atom is -0.366 e. The molecule has 11 heteroatoms. The molecule has 2 aromatic carbocycles. The van der Waals surface area contributed by atoms with Crippen molar-refractivity contribution in [2.75, 3.05) is 31.5 Å². The number of benzene rings is 2. The Morgan fingerprint density at radius 3 is 2.36 bits per heavy atom. The Labute approximate surface area is 210 Å². The zero-order valence-corrected chi connectivity index (χ0v) is 21.0. The number of aromatic nitrogens is 3. The molecule has 0 aliphatic rings. The average Bonchev–Trinajstić information content (AvgIpc) is 3.38. The Hall–Kier alpha value is -3.80. The highest BCUT2D eigenvalue weighted by Crippen LogP contribution is 2.26. The molecule has 2 aromatic heterocycles. The maximum Gasteiger partial charge on any atom is 0.248 e. The Balaban J connectivity index is 1.50. The van der Waals surface area contributed by atoms with Crippen LogP contribution in [0.4, 0.5) is 11.5 Å². The molecular formula is C25H29N7O3S. The molecule has 0 radical (unpaired) electrons. The molecule has 0 saturated carbocycles. The van der Waals surface area contributed by atoms with Crippen molar-refractivity contribution in [3.05, 3.63) is 72.7 Å². The lowest BCUT2D eigenvalue weighted by Crippen LogP contribution is -2.34. The number of likely N-dealkylation sites (N-methyl/N-ethyl adjacent to an activating group) is 1. The summed E-state index contributed by atoms with van der Waals surface area (Å²) in [5, 5.41) is 3.21. The first-order chi connectivity index (χ1) is 17.3. The van der Waals surface area contributed by atoms with Crippen molar-refractivity contribution >= 4 is 33.1 Å². The van der Waals surface area contributed by atoms with Gasteiger partial charge in [0.1, 0.15) is 0 Å².